The van der Waals surface area contributed by atoms with Crippen LogP contribution < -0.4 is 5.32 Å². The molecular weight excluding hydrogens is 339 g/mol. The highest BCUT2D eigenvalue weighted by atomic mass is 19.1. The summed E-state index contributed by atoms with van der Waals surface area (Å²) < 4.78 is 21.8. The monoisotopic (exact) mass is 356 g/mol. The van der Waals surface area contributed by atoms with Crippen LogP contribution in [0.15, 0.2) is 55.0 Å². The molecule has 0 fully saturated rings. The van der Waals surface area contributed by atoms with Crippen LogP contribution in [0.3, 0.4) is 0 Å². The summed E-state index contributed by atoms with van der Waals surface area (Å²) >= 11 is 0. The minimum atomic E-state index is -0.832. The van der Waals surface area contributed by atoms with Crippen LogP contribution in [0.25, 0.3) is 11.5 Å². The molecule has 134 valence electrons. The van der Waals surface area contributed by atoms with Crippen LogP contribution in [0.1, 0.15) is 17.3 Å². The number of halogens is 1. The van der Waals surface area contributed by atoms with Crippen molar-refractivity contribution in [2.75, 3.05) is 7.11 Å². The largest absolute Gasteiger partial charge is 0.467 e. The summed E-state index contributed by atoms with van der Waals surface area (Å²) in [5.74, 6) is -1.20. The first-order valence-corrected chi connectivity index (χ1v) is 7.88. The number of ether oxygens (including phenoxy) is 1. The number of hydrogen-bond donors (Lipinski definition) is 1. The number of methoxy groups -OCH3 is 1. The zero-order valence-electron chi connectivity index (χ0n) is 14.2. The normalized spacial score (nSPS) is 11.8. The highest BCUT2D eigenvalue weighted by Gasteiger charge is 2.24. The van der Waals surface area contributed by atoms with E-state index in [-0.39, 0.29) is 11.3 Å². The number of amides is 1. The molecule has 2 heterocycles. The van der Waals surface area contributed by atoms with Crippen LogP contribution in [-0.2, 0) is 9.53 Å². The first kappa shape index (κ1) is 17.4. The summed E-state index contributed by atoms with van der Waals surface area (Å²) in [4.78, 5) is 24.2. The Morgan fingerprint density at radius 2 is 1.88 bits per heavy atom. The van der Waals surface area contributed by atoms with Crippen molar-refractivity contribution in [3.63, 3.8) is 0 Å². The predicted molar refractivity (Wildman–Crippen MR) is 91.8 cm³/mol. The Kier molecular flexibility index (Phi) is 4.83. The van der Waals surface area contributed by atoms with E-state index in [1.54, 1.807) is 47.3 Å². The van der Waals surface area contributed by atoms with Crippen molar-refractivity contribution in [2.24, 2.45) is 0 Å². The number of esters is 1. The summed E-state index contributed by atoms with van der Waals surface area (Å²) in [5, 5.41) is 6.73. The second-order valence-corrected chi connectivity index (χ2v) is 5.55. The lowest BCUT2D eigenvalue weighted by Gasteiger charge is -2.14. The molecule has 3 rings (SSSR count). The molecule has 0 aliphatic rings. The predicted octanol–water partition coefficient (Wildman–Crippen LogP) is 2.09. The lowest BCUT2D eigenvalue weighted by atomic mass is 10.2. The van der Waals surface area contributed by atoms with Crippen molar-refractivity contribution in [3.05, 3.63) is 66.4 Å². The molecule has 1 amide bonds. The van der Waals surface area contributed by atoms with Gasteiger partial charge in [0.25, 0.3) is 5.91 Å². The SMILES string of the molecule is COC(=O)[C@@H](C)NC(=O)c1cnn(-c2ccccc2F)c1-n1cccc1. The summed E-state index contributed by atoms with van der Waals surface area (Å²) in [7, 11) is 1.24. The van der Waals surface area contributed by atoms with Gasteiger partial charge in [0.2, 0.25) is 0 Å². The molecule has 0 saturated heterocycles. The zero-order chi connectivity index (χ0) is 18.7. The molecule has 0 aliphatic carbocycles. The van der Waals surface area contributed by atoms with Crippen LogP contribution in [0.4, 0.5) is 4.39 Å². The highest BCUT2D eigenvalue weighted by Crippen LogP contribution is 2.21. The van der Waals surface area contributed by atoms with E-state index in [9.17, 15) is 14.0 Å². The zero-order valence-corrected chi connectivity index (χ0v) is 14.2. The lowest BCUT2D eigenvalue weighted by molar-refractivity contribution is -0.142. The van der Waals surface area contributed by atoms with Gasteiger partial charge in [-0.3, -0.25) is 4.79 Å². The molecule has 26 heavy (non-hydrogen) atoms. The van der Waals surface area contributed by atoms with E-state index in [0.717, 1.165) is 0 Å². The average molecular weight is 356 g/mol. The summed E-state index contributed by atoms with van der Waals surface area (Å²) in [5.41, 5.74) is 0.400. The highest BCUT2D eigenvalue weighted by molar-refractivity contribution is 5.99. The van der Waals surface area contributed by atoms with Gasteiger partial charge in [0.1, 0.15) is 23.1 Å². The number of nitrogens with one attached hydrogen (secondary N) is 1. The molecule has 1 N–H and O–H groups in total. The van der Waals surface area contributed by atoms with Gasteiger partial charge in [-0.05, 0) is 31.2 Å². The number of nitrogens with zero attached hydrogens (tertiary/aromatic N) is 3. The second-order valence-electron chi connectivity index (χ2n) is 5.55. The molecule has 0 unspecified atom stereocenters. The van der Waals surface area contributed by atoms with Gasteiger partial charge in [-0.15, -0.1) is 0 Å². The summed E-state index contributed by atoms with van der Waals surface area (Å²) in [6.45, 7) is 1.51. The van der Waals surface area contributed by atoms with Gasteiger partial charge in [-0.2, -0.15) is 5.10 Å². The molecule has 0 radical (unpaired) electrons. The molecule has 3 aromatic rings. The van der Waals surface area contributed by atoms with Gasteiger partial charge in [0, 0.05) is 12.4 Å². The number of carbonyl (C=O) groups excluding carboxylic acids is 2. The van der Waals surface area contributed by atoms with E-state index < -0.39 is 23.7 Å². The maximum Gasteiger partial charge on any atom is 0.328 e. The fourth-order valence-corrected chi connectivity index (χ4v) is 2.54. The van der Waals surface area contributed by atoms with Gasteiger partial charge in [0.05, 0.1) is 13.3 Å². The molecule has 1 atom stereocenters. The van der Waals surface area contributed by atoms with E-state index in [4.69, 9.17) is 0 Å². The summed E-state index contributed by atoms with van der Waals surface area (Å²) in [6.07, 6.45) is 4.77. The molecule has 0 bridgehead atoms. The number of rotatable bonds is 5. The third-order valence-electron chi connectivity index (χ3n) is 3.82. The van der Waals surface area contributed by atoms with Crippen molar-refractivity contribution < 1.29 is 18.7 Å². The van der Waals surface area contributed by atoms with Crippen molar-refractivity contribution in [2.45, 2.75) is 13.0 Å². The molecule has 0 spiro atoms. The fraction of sp³-hybridized carbons (Fsp3) is 0.167. The number of hydrogen-bond acceptors (Lipinski definition) is 4. The molecule has 8 heteroatoms. The van der Waals surface area contributed by atoms with Crippen molar-refractivity contribution in [1.29, 1.82) is 0 Å². The van der Waals surface area contributed by atoms with E-state index in [0.29, 0.717) is 5.82 Å². The van der Waals surface area contributed by atoms with E-state index in [1.807, 2.05) is 0 Å². The number of carbonyl (C=O) groups is 2. The number of para-hydroxylation sites is 1. The Labute approximate surface area is 149 Å². The maximum absolute atomic E-state index is 14.2. The van der Waals surface area contributed by atoms with Gasteiger partial charge in [-0.25, -0.2) is 13.9 Å². The minimum absolute atomic E-state index is 0.195. The molecule has 0 saturated carbocycles. The van der Waals surface area contributed by atoms with Crippen LogP contribution in [-0.4, -0.2) is 39.4 Å². The second kappa shape index (κ2) is 7.22. The van der Waals surface area contributed by atoms with Crippen LogP contribution in [0, 0.1) is 5.82 Å². The summed E-state index contributed by atoms with van der Waals surface area (Å²) in [6, 6.07) is 8.85. The number of aromatic nitrogens is 3. The molecule has 7 nitrogen and oxygen atoms in total. The quantitative estimate of drug-likeness (QED) is 0.710. The Hall–Kier alpha value is -3.42. The van der Waals surface area contributed by atoms with E-state index in [1.165, 1.54) is 31.0 Å². The van der Waals surface area contributed by atoms with Crippen LogP contribution in [0.5, 0.6) is 0 Å². The fourth-order valence-electron chi connectivity index (χ4n) is 2.54. The van der Waals surface area contributed by atoms with Gasteiger partial charge >= 0.3 is 5.97 Å². The first-order chi connectivity index (χ1) is 12.5. The maximum atomic E-state index is 14.2. The van der Waals surface area contributed by atoms with Crippen molar-refractivity contribution in [1.82, 2.24) is 19.7 Å². The molecule has 0 aliphatic heterocycles. The standard InChI is InChI=1S/C18H17FN4O3/c1-12(18(25)26-2)21-16(24)13-11-20-23(15-8-4-3-7-14(15)19)17(13)22-9-5-6-10-22/h3-12H,1-2H3,(H,21,24)/t12-/m1/s1. The Morgan fingerprint density at radius 1 is 1.19 bits per heavy atom. The van der Waals surface area contributed by atoms with E-state index in [2.05, 4.69) is 15.2 Å². The molecule has 1 aromatic carbocycles. The molecule has 2 aromatic heterocycles. The Morgan fingerprint density at radius 3 is 2.54 bits per heavy atom. The Balaban J connectivity index is 2.06. The topological polar surface area (TPSA) is 78.2 Å². The van der Waals surface area contributed by atoms with Gasteiger partial charge in [0.15, 0.2) is 5.82 Å². The van der Waals surface area contributed by atoms with Crippen LogP contribution >= 0.6 is 0 Å². The van der Waals surface area contributed by atoms with Gasteiger partial charge < -0.3 is 14.6 Å². The number of benzene rings is 1. The third kappa shape index (κ3) is 3.21. The lowest BCUT2D eigenvalue weighted by Crippen LogP contribution is -2.39. The molecular formula is C18H17FN4O3. The third-order valence-corrected chi connectivity index (χ3v) is 3.82. The van der Waals surface area contributed by atoms with Crippen molar-refractivity contribution >= 4 is 11.9 Å². The first-order valence-electron chi connectivity index (χ1n) is 7.88. The van der Waals surface area contributed by atoms with E-state index >= 15 is 0 Å². The van der Waals surface area contributed by atoms with Crippen LogP contribution in [0.2, 0.25) is 0 Å². The van der Waals surface area contributed by atoms with Crippen molar-refractivity contribution in [3.8, 4) is 11.5 Å². The average Bonchev–Trinajstić information content (AvgIpc) is 3.30. The Bertz CT molecular complexity index is 934. The minimum Gasteiger partial charge on any atom is -0.467 e. The van der Waals surface area contributed by atoms with Gasteiger partial charge in [-0.1, -0.05) is 12.1 Å². The smallest absolute Gasteiger partial charge is 0.328 e.